The monoisotopic (exact) mass is 414 g/mol. The van der Waals surface area contributed by atoms with E-state index < -0.39 is 23.4 Å². The molecule has 7 heteroatoms. The van der Waals surface area contributed by atoms with Crippen LogP contribution >= 0.6 is 11.6 Å². The van der Waals surface area contributed by atoms with Crippen LogP contribution in [0.5, 0.6) is 0 Å². The first-order valence-corrected chi connectivity index (χ1v) is 9.15. The van der Waals surface area contributed by atoms with Gasteiger partial charge in [0.05, 0.1) is 27.9 Å². The first-order chi connectivity index (χ1) is 13.9. The van der Waals surface area contributed by atoms with Gasteiger partial charge in [-0.15, -0.1) is 0 Å². The van der Waals surface area contributed by atoms with E-state index in [-0.39, 0.29) is 27.9 Å². The normalized spacial score (nSPS) is 11.6. The third kappa shape index (κ3) is 4.78. The SMILES string of the molecule is CC(NC(=O)c1ccccc1NC(=O)c1cc(F)c(F)cc1Cl)c1ccccc1. The molecule has 3 rings (SSSR count). The van der Waals surface area contributed by atoms with Gasteiger partial charge in [0.15, 0.2) is 11.6 Å². The maximum atomic E-state index is 13.5. The highest BCUT2D eigenvalue weighted by molar-refractivity contribution is 6.34. The minimum absolute atomic E-state index is 0.219. The van der Waals surface area contributed by atoms with E-state index in [1.165, 1.54) is 6.07 Å². The van der Waals surface area contributed by atoms with Gasteiger partial charge in [-0.25, -0.2) is 8.78 Å². The Morgan fingerprint density at radius 2 is 1.48 bits per heavy atom. The Balaban J connectivity index is 1.81. The summed E-state index contributed by atoms with van der Waals surface area (Å²) in [5.41, 5.74) is 1.13. The second-order valence-electron chi connectivity index (χ2n) is 6.35. The number of benzene rings is 3. The van der Waals surface area contributed by atoms with Crippen LogP contribution in [-0.4, -0.2) is 11.8 Å². The van der Waals surface area contributed by atoms with Gasteiger partial charge >= 0.3 is 0 Å². The Bertz CT molecular complexity index is 1060. The summed E-state index contributed by atoms with van der Waals surface area (Å²) in [4.78, 5) is 25.2. The van der Waals surface area contributed by atoms with Crippen LogP contribution in [-0.2, 0) is 0 Å². The number of amides is 2. The molecule has 0 aliphatic carbocycles. The number of hydrogen-bond acceptors (Lipinski definition) is 2. The van der Waals surface area contributed by atoms with Crippen molar-refractivity contribution in [1.29, 1.82) is 0 Å². The number of hydrogen-bond donors (Lipinski definition) is 2. The van der Waals surface area contributed by atoms with Crippen molar-refractivity contribution >= 4 is 29.1 Å². The van der Waals surface area contributed by atoms with Crippen molar-refractivity contribution in [3.8, 4) is 0 Å². The van der Waals surface area contributed by atoms with Gasteiger partial charge in [-0.1, -0.05) is 54.1 Å². The quantitative estimate of drug-likeness (QED) is 0.552. The van der Waals surface area contributed by atoms with Crippen LogP contribution in [0.1, 0.15) is 39.2 Å². The lowest BCUT2D eigenvalue weighted by atomic mass is 10.1. The zero-order valence-corrected chi connectivity index (χ0v) is 16.1. The number of halogens is 3. The van der Waals surface area contributed by atoms with Gasteiger partial charge in [-0.2, -0.15) is 0 Å². The lowest BCUT2D eigenvalue weighted by molar-refractivity contribution is 0.0940. The average Bonchev–Trinajstić information content (AvgIpc) is 2.71. The third-order valence-corrected chi connectivity index (χ3v) is 4.63. The van der Waals surface area contributed by atoms with Gasteiger partial charge in [0.1, 0.15) is 0 Å². The zero-order chi connectivity index (χ0) is 21.0. The Morgan fingerprint density at radius 3 is 2.21 bits per heavy atom. The van der Waals surface area contributed by atoms with Gasteiger partial charge in [0, 0.05) is 0 Å². The summed E-state index contributed by atoms with van der Waals surface area (Å²) < 4.78 is 26.7. The number of para-hydroxylation sites is 1. The molecule has 0 aromatic heterocycles. The van der Waals surface area contributed by atoms with E-state index in [1.54, 1.807) is 18.2 Å². The number of rotatable bonds is 5. The van der Waals surface area contributed by atoms with Gasteiger partial charge in [0.2, 0.25) is 0 Å². The largest absolute Gasteiger partial charge is 0.345 e. The summed E-state index contributed by atoms with van der Waals surface area (Å²) in [7, 11) is 0. The lowest BCUT2D eigenvalue weighted by Crippen LogP contribution is -2.28. The summed E-state index contributed by atoms with van der Waals surface area (Å²) in [5, 5.41) is 5.17. The highest BCUT2D eigenvalue weighted by atomic mass is 35.5. The van der Waals surface area contributed by atoms with Crippen molar-refractivity contribution in [2.75, 3.05) is 5.32 Å². The molecule has 4 nitrogen and oxygen atoms in total. The third-order valence-electron chi connectivity index (χ3n) is 4.32. The molecule has 0 spiro atoms. The standard InChI is InChI=1S/C22H17ClF2N2O2/c1-13(14-7-3-2-4-8-14)26-21(28)15-9-5-6-10-20(15)27-22(29)16-11-18(24)19(25)12-17(16)23/h2-13H,1H3,(H,26,28)(H,27,29). The maximum Gasteiger partial charge on any atom is 0.257 e. The topological polar surface area (TPSA) is 58.2 Å². The van der Waals surface area contributed by atoms with Crippen LogP contribution in [0.15, 0.2) is 66.7 Å². The van der Waals surface area contributed by atoms with Crippen LogP contribution in [0, 0.1) is 11.6 Å². The van der Waals surface area contributed by atoms with Crippen molar-refractivity contribution in [3.63, 3.8) is 0 Å². The smallest absolute Gasteiger partial charge is 0.257 e. The molecule has 0 aliphatic rings. The molecule has 0 heterocycles. The molecule has 0 saturated heterocycles. The second kappa shape index (κ2) is 8.84. The molecule has 3 aromatic carbocycles. The molecule has 148 valence electrons. The summed E-state index contributed by atoms with van der Waals surface area (Å²) in [5.74, 6) is -3.50. The molecular weight excluding hydrogens is 398 g/mol. The van der Waals surface area contributed by atoms with Gasteiger partial charge in [0.25, 0.3) is 11.8 Å². The molecular formula is C22H17ClF2N2O2. The highest BCUT2D eigenvalue weighted by Crippen LogP contribution is 2.23. The lowest BCUT2D eigenvalue weighted by Gasteiger charge is -2.16. The molecule has 2 amide bonds. The molecule has 0 saturated carbocycles. The number of carbonyl (C=O) groups is 2. The minimum Gasteiger partial charge on any atom is -0.345 e. The van der Waals surface area contributed by atoms with Crippen molar-refractivity contribution in [2.45, 2.75) is 13.0 Å². The fourth-order valence-electron chi connectivity index (χ4n) is 2.78. The number of anilines is 1. The summed E-state index contributed by atoms with van der Waals surface area (Å²) in [6.07, 6.45) is 0. The average molecular weight is 415 g/mol. The fraction of sp³-hybridized carbons (Fsp3) is 0.0909. The number of carbonyl (C=O) groups excluding carboxylic acids is 2. The van der Waals surface area contributed by atoms with Crippen LogP contribution in [0.25, 0.3) is 0 Å². The number of nitrogens with one attached hydrogen (secondary N) is 2. The predicted molar refractivity (Wildman–Crippen MR) is 108 cm³/mol. The van der Waals surface area contributed by atoms with Crippen LogP contribution in [0.3, 0.4) is 0 Å². The second-order valence-corrected chi connectivity index (χ2v) is 6.76. The highest BCUT2D eigenvalue weighted by Gasteiger charge is 2.19. The van der Waals surface area contributed by atoms with E-state index in [0.717, 1.165) is 11.6 Å². The van der Waals surface area contributed by atoms with Crippen LogP contribution in [0.4, 0.5) is 14.5 Å². The molecule has 3 aromatic rings. The molecule has 1 unspecified atom stereocenters. The molecule has 2 N–H and O–H groups in total. The van der Waals surface area contributed by atoms with Gasteiger partial charge in [-0.05, 0) is 36.8 Å². The molecule has 0 radical (unpaired) electrons. The maximum absolute atomic E-state index is 13.5. The van der Waals surface area contributed by atoms with Crippen molar-refractivity contribution < 1.29 is 18.4 Å². The van der Waals surface area contributed by atoms with E-state index in [2.05, 4.69) is 10.6 Å². The molecule has 0 bridgehead atoms. The van der Waals surface area contributed by atoms with E-state index in [4.69, 9.17) is 11.6 Å². The first-order valence-electron chi connectivity index (χ1n) is 8.77. The molecule has 1 atom stereocenters. The zero-order valence-electron chi connectivity index (χ0n) is 15.4. The van der Waals surface area contributed by atoms with Gasteiger partial charge in [-0.3, -0.25) is 9.59 Å². The van der Waals surface area contributed by atoms with Crippen molar-refractivity contribution in [2.24, 2.45) is 0 Å². The van der Waals surface area contributed by atoms with E-state index in [0.29, 0.717) is 6.07 Å². The van der Waals surface area contributed by atoms with Gasteiger partial charge < -0.3 is 10.6 Å². The Hall–Kier alpha value is -3.25. The van der Waals surface area contributed by atoms with E-state index >= 15 is 0 Å². The van der Waals surface area contributed by atoms with Crippen molar-refractivity contribution in [3.05, 3.63) is 100 Å². The molecule has 0 fully saturated rings. The van der Waals surface area contributed by atoms with Crippen LogP contribution < -0.4 is 10.6 Å². The Morgan fingerprint density at radius 1 is 0.862 bits per heavy atom. The predicted octanol–water partition coefficient (Wildman–Crippen LogP) is 5.36. The Kier molecular flexibility index (Phi) is 6.24. The van der Waals surface area contributed by atoms with E-state index in [9.17, 15) is 18.4 Å². The first kappa shape index (κ1) is 20.5. The van der Waals surface area contributed by atoms with Crippen molar-refractivity contribution in [1.82, 2.24) is 5.32 Å². The minimum atomic E-state index is -1.19. The molecule has 0 aliphatic heterocycles. The summed E-state index contributed by atoms with van der Waals surface area (Å²) in [6.45, 7) is 1.84. The Labute approximate surface area is 171 Å². The van der Waals surface area contributed by atoms with E-state index in [1.807, 2.05) is 37.3 Å². The fourth-order valence-corrected chi connectivity index (χ4v) is 3.01. The molecule has 29 heavy (non-hydrogen) atoms. The summed E-state index contributed by atoms with van der Waals surface area (Å²) >= 11 is 5.85. The summed E-state index contributed by atoms with van der Waals surface area (Å²) in [6, 6.07) is 17.0. The van der Waals surface area contributed by atoms with Crippen LogP contribution in [0.2, 0.25) is 5.02 Å².